The van der Waals surface area contributed by atoms with Crippen molar-refractivity contribution in [3.63, 3.8) is 0 Å². The summed E-state index contributed by atoms with van der Waals surface area (Å²) in [6, 6.07) is 7.86. The quantitative estimate of drug-likeness (QED) is 0.865. The first kappa shape index (κ1) is 13.6. The lowest BCUT2D eigenvalue weighted by Crippen LogP contribution is -2.40. The fourth-order valence-corrected chi connectivity index (χ4v) is 2.88. The normalized spacial score (nSPS) is 16.1. The van der Waals surface area contributed by atoms with Gasteiger partial charge in [-0.05, 0) is 25.0 Å². The topological polar surface area (TPSA) is 84.1 Å². The molecule has 1 fully saturated rings. The average Bonchev–Trinajstić information content (AvgIpc) is 2.53. The van der Waals surface area contributed by atoms with Crippen molar-refractivity contribution < 1.29 is 4.79 Å². The maximum Gasteiger partial charge on any atom is 0.222 e. The summed E-state index contributed by atoms with van der Waals surface area (Å²) in [4.78, 5) is 22.6. The summed E-state index contributed by atoms with van der Waals surface area (Å²) >= 11 is 0. The molecule has 0 radical (unpaired) electrons. The number of carbonyl (C=O) groups excluding carboxylic acids is 1. The van der Waals surface area contributed by atoms with Crippen LogP contribution in [0.4, 0.5) is 11.8 Å². The van der Waals surface area contributed by atoms with Crippen LogP contribution in [0.5, 0.6) is 0 Å². The van der Waals surface area contributed by atoms with Crippen LogP contribution in [0.15, 0.2) is 24.3 Å². The number of piperidine rings is 1. The van der Waals surface area contributed by atoms with Gasteiger partial charge in [-0.2, -0.15) is 4.98 Å². The molecule has 1 aliphatic rings. The van der Waals surface area contributed by atoms with Crippen LogP contribution in [0.3, 0.4) is 0 Å². The zero-order valence-corrected chi connectivity index (χ0v) is 12.0. The van der Waals surface area contributed by atoms with Gasteiger partial charge in [-0.25, -0.2) is 4.98 Å². The molecule has 6 heteroatoms. The molecule has 1 aliphatic heterocycles. The molecular weight excluding hydrogens is 266 g/mol. The van der Waals surface area contributed by atoms with E-state index in [4.69, 9.17) is 5.73 Å². The van der Waals surface area contributed by atoms with Crippen molar-refractivity contribution in [3.05, 3.63) is 24.3 Å². The molecule has 3 N–H and O–H groups in total. The van der Waals surface area contributed by atoms with Gasteiger partial charge in [0, 0.05) is 31.4 Å². The van der Waals surface area contributed by atoms with Gasteiger partial charge in [-0.1, -0.05) is 12.1 Å². The van der Waals surface area contributed by atoms with Crippen LogP contribution in [-0.2, 0) is 4.79 Å². The summed E-state index contributed by atoms with van der Waals surface area (Å²) in [5.74, 6) is 1.38. The highest BCUT2D eigenvalue weighted by Crippen LogP contribution is 2.28. The zero-order valence-electron chi connectivity index (χ0n) is 12.0. The first-order valence-electron chi connectivity index (χ1n) is 7.18. The first-order chi connectivity index (χ1) is 10.2. The SMILES string of the molecule is CNC(=O)C1CCN(c2nc(N)nc3ccccc23)CC1. The smallest absolute Gasteiger partial charge is 0.222 e. The van der Waals surface area contributed by atoms with Gasteiger partial charge in [0.15, 0.2) is 0 Å². The highest BCUT2D eigenvalue weighted by atomic mass is 16.1. The van der Waals surface area contributed by atoms with Gasteiger partial charge in [0.1, 0.15) is 5.82 Å². The molecule has 3 rings (SSSR count). The number of nitrogens with zero attached hydrogens (tertiary/aromatic N) is 3. The second kappa shape index (κ2) is 5.55. The number of nitrogens with two attached hydrogens (primary N) is 1. The second-order valence-corrected chi connectivity index (χ2v) is 5.30. The van der Waals surface area contributed by atoms with Gasteiger partial charge in [-0.3, -0.25) is 4.79 Å². The Bertz CT molecular complexity index is 664. The third-order valence-electron chi connectivity index (χ3n) is 4.01. The number of carbonyl (C=O) groups is 1. The minimum atomic E-state index is 0.0942. The fraction of sp³-hybridized carbons (Fsp3) is 0.400. The Kier molecular flexibility index (Phi) is 3.60. The van der Waals surface area contributed by atoms with Crippen molar-refractivity contribution in [2.24, 2.45) is 5.92 Å². The summed E-state index contributed by atoms with van der Waals surface area (Å²) in [7, 11) is 1.69. The number of amides is 1. The number of benzene rings is 1. The molecule has 2 aromatic rings. The molecule has 2 heterocycles. The van der Waals surface area contributed by atoms with Gasteiger partial charge in [0.25, 0.3) is 0 Å². The summed E-state index contributed by atoms with van der Waals surface area (Å²) in [5, 5.41) is 3.73. The molecule has 0 bridgehead atoms. The van der Waals surface area contributed by atoms with Gasteiger partial charge in [0.05, 0.1) is 5.52 Å². The van der Waals surface area contributed by atoms with E-state index in [1.54, 1.807) is 7.05 Å². The number of rotatable bonds is 2. The molecule has 1 aromatic heterocycles. The van der Waals surface area contributed by atoms with Crippen molar-refractivity contribution in [3.8, 4) is 0 Å². The van der Waals surface area contributed by atoms with Crippen LogP contribution in [0.1, 0.15) is 12.8 Å². The van der Waals surface area contributed by atoms with Crippen LogP contribution >= 0.6 is 0 Å². The van der Waals surface area contributed by atoms with E-state index in [0.29, 0.717) is 0 Å². The van der Waals surface area contributed by atoms with Crippen LogP contribution in [0.25, 0.3) is 10.9 Å². The number of hydrogen-bond donors (Lipinski definition) is 2. The van der Waals surface area contributed by atoms with Crippen molar-refractivity contribution in [1.82, 2.24) is 15.3 Å². The van der Waals surface area contributed by atoms with Crippen molar-refractivity contribution in [1.29, 1.82) is 0 Å². The number of anilines is 2. The van der Waals surface area contributed by atoms with Crippen LogP contribution in [0.2, 0.25) is 0 Å². The largest absolute Gasteiger partial charge is 0.368 e. The standard InChI is InChI=1S/C15H19N5O/c1-17-14(21)10-6-8-20(9-7-10)13-11-4-2-3-5-12(11)18-15(16)19-13/h2-5,10H,6-9H2,1H3,(H,17,21)(H2,16,18,19). The first-order valence-corrected chi connectivity index (χ1v) is 7.18. The molecule has 1 saturated heterocycles. The van der Waals surface area contributed by atoms with Gasteiger partial charge in [-0.15, -0.1) is 0 Å². The molecule has 6 nitrogen and oxygen atoms in total. The lowest BCUT2D eigenvalue weighted by atomic mass is 9.96. The van der Waals surface area contributed by atoms with E-state index < -0.39 is 0 Å². The monoisotopic (exact) mass is 285 g/mol. The van der Waals surface area contributed by atoms with E-state index >= 15 is 0 Å². The molecule has 110 valence electrons. The number of para-hydroxylation sites is 1. The molecule has 0 saturated carbocycles. The van der Waals surface area contributed by atoms with Crippen LogP contribution in [0, 0.1) is 5.92 Å². The van der Waals surface area contributed by atoms with Gasteiger partial charge < -0.3 is 16.0 Å². The molecule has 21 heavy (non-hydrogen) atoms. The Balaban J connectivity index is 1.87. The molecular formula is C15H19N5O. The van der Waals surface area contributed by atoms with Crippen molar-refractivity contribution in [2.45, 2.75) is 12.8 Å². The van der Waals surface area contributed by atoms with E-state index in [9.17, 15) is 4.79 Å². The van der Waals surface area contributed by atoms with E-state index in [1.165, 1.54) is 0 Å². The lowest BCUT2D eigenvalue weighted by molar-refractivity contribution is -0.125. The van der Waals surface area contributed by atoms with Gasteiger partial charge >= 0.3 is 0 Å². The molecule has 0 aliphatic carbocycles. The maximum absolute atomic E-state index is 11.7. The molecule has 0 atom stereocenters. The number of hydrogen-bond acceptors (Lipinski definition) is 5. The summed E-state index contributed by atoms with van der Waals surface area (Å²) < 4.78 is 0. The zero-order chi connectivity index (χ0) is 14.8. The Morgan fingerprint density at radius 3 is 2.71 bits per heavy atom. The molecule has 0 spiro atoms. The van der Waals surface area contributed by atoms with E-state index in [0.717, 1.165) is 42.7 Å². The average molecular weight is 285 g/mol. The predicted molar refractivity (Wildman–Crippen MR) is 83.0 cm³/mol. The third-order valence-corrected chi connectivity index (χ3v) is 4.01. The highest BCUT2D eigenvalue weighted by molar-refractivity contribution is 5.90. The Morgan fingerprint density at radius 2 is 2.00 bits per heavy atom. The predicted octanol–water partition coefficient (Wildman–Crippen LogP) is 1.17. The third kappa shape index (κ3) is 2.61. The summed E-state index contributed by atoms with van der Waals surface area (Å²) in [6.45, 7) is 1.61. The van der Waals surface area contributed by atoms with Crippen LogP contribution in [-0.4, -0.2) is 36.0 Å². The Morgan fingerprint density at radius 1 is 1.29 bits per heavy atom. The van der Waals surface area contributed by atoms with E-state index in [2.05, 4.69) is 20.2 Å². The van der Waals surface area contributed by atoms with Crippen molar-refractivity contribution in [2.75, 3.05) is 30.8 Å². The number of aromatic nitrogens is 2. The Hall–Kier alpha value is -2.37. The van der Waals surface area contributed by atoms with Crippen LogP contribution < -0.4 is 16.0 Å². The van der Waals surface area contributed by atoms with E-state index in [1.807, 2.05) is 24.3 Å². The minimum absolute atomic E-state index is 0.0942. The molecule has 1 amide bonds. The van der Waals surface area contributed by atoms with E-state index in [-0.39, 0.29) is 17.8 Å². The fourth-order valence-electron chi connectivity index (χ4n) is 2.88. The molecule has 1 aromatic carbocycles. The lowest BCUT2D eigenvalue weighted by Gasteiger charge is -2.32. The Labute approximate surface area is 123 Å². The summed E-state index contributed by atoms with van der Waals surface area (Å²) in [6.07, 6.45) is 1.66. The van der Waals surface area contributed by atoms with Crippen molar-refractivity contribution >= 4 is 28.6 Å². The maximum atomic E-state index is 11.7. The number of fused-ring (bicyclic) bond motifs is 1. The van der Waals surface area contributed by atoms with Gasteiger partial charge in [0.2, 0.25) is 11.9 Å². The number of nitrogens with one attached hydrogen (secondary N) is 1. The second-order valence-electron chi connectivity index (χ2n) is 5.30. The number of nitrogen functional groups attached to an aromatic ring is 1. The minimum Gasteiger partial charge on any atom is -0.368 e. The highest BCUT2D eigenvalue weighted by Gasteiger charge is 2.25. The summed E-state index contributed by atoms with van der Waals surface area (Å²) in [5.41, 5.74) is 6.67. The molecule has 0 unspecified atom stereocenters.